The van der Waals surface area contributed by atoms with Crippen LogP contribution in [-0.2, 0) is 14.8 Å². The van der Waals surface area contributed by atoms with E-state index in [9.17, 15) is 13.2 Å². The topological polar surface area (TPSA) is 99.8 Å². The summed E-state index contributed by atoms with van der Waals surface area (Å²) in [5.74, 6) is 0.381. The molecule has 1 fully saturated rings. The van der Waals surface area contributed by atoms with Gasteiger partial charge in [0.1, 0.15) is 5.75 Å². The maximum Gasteiger partial charge on any atom is 0.262 e. The number of nitrogens with one attached hydrogen (secondary N) is 3. The molecule has 0 atom stereocenters. The quantitative estimate of drug-likeness (QED) is 0.189. The molecule has 256 valence electrons. The highest BCUT2D eigenvalue weighted by molar-refractivity contribution is 7.92. The minimum absolute atomic E-state index is 0.0275. The number of benzene rings is 3. The Morgan fingerprint density at radius 1 is 0.787 bits per heavy atom. The molecule has 3 aromatic rings. The molecule has 3 aromatic carbocycles. The van der Waals surface area contributed by atoms with Gasteiger partial charge in [0.25, 0.3) is 10.0 Å². The van der Waals surface area contributed by atoms with Crippen LogP contribution in [0.3, 0.4) is 0 Å². The number of ether oxygens (including phenoxy) is 1. The fourth-order valence-corrected chi connectivity index (χ4v) is 7.57. The number of hydrogen-bond donors (Lipinski definition) is 3. The molecule has 0 saturated carbocycles. The van der Waals surface area contributed by atoms with Crippen molar-refractivity contribution in [1.82, 2.24) is 0 Å². The van der Waals surface area contributed by atoms with Crippen molar-refractivity contribution in [2.24, 2.45) is 5.41 Å². The number of methoxy groups -OCH3 is 1. The Morgan fingerprint density at radius 3 is 1.85 bits per heavy atom. The van der Waals surface area contributed by atoms with Gasteiger partial charge in [-0.1, -0.05) is 74.4 Å². The number of sulfonamides is 1. The summed E-state index contributed by atoms with van der Waals surface area (Å²) < 4.78 is 37.5. The van der Waals surface area contributed by atoms with E-state index < -0.39 is 15.4 Å². The van der Waals surface area contributed by atoms with Crippen LogP contribution in [0.4, 0.5) is 28.4 Å². The Kier molecular flexibility index (Phi) is 11.2. The van der Waals surface area contributed by atoms with Gasteiger partial charge in [0.05, 0.1) is 29.1 Å². The van der Waals surface area contributed by atoms with Crippen molar-refractivity contribution in [2.45, 2.75) is 104 Å². The molecule has 0 unspecified atom stereocenters. The Morgan fingerprint density at radius 2 is 1.36 bits per heavy atom. The molecule has 0 radical (unpaired) electrons. The second kappa shape index (κ2) is 14.6. The highest BCUT2D eigenvalue weighted by Gasteiger charge is 2.29. The predicted octanol–water partition coefficient (Wildman–Crippen LogP) is 9.58. The van der Waals surface area contributed by atoms with Gasteiger partial charge >= 0.3 is 0 Å². The number of rotatable bonds is 11. The third-order valence-corrected chi connectivity index (χ3v) is 10.2. The van der Waals surface area contributed by atoms with Gasteiger partial charge in [-0.3, -0.25) is 9.52 Å². The van der Waals surface area contributed by atoms with E-state index in [4.69, 9.17) is 4.74 Å². The van der Waals surface area contributed by atoms with Gasteiger partial charge in [-0.15, -0.1) is 0 Å². The van der Waals surface area contributed by atoms with E-state index in [1.54, 1.807) is 19.2 Å². The molecule has 0 aliphatic carbocycles. The lowest BCUT2D eigenvalue weighted by Gasteiger charge is -2.29. The van der Waals surface area contributed by atoms with Gasteiger partial charge in [-0.25, -0.2) is 8.42 Å². The molecule has 47 heavy (non-hydrogen) atoms. The van der Waals surface area contributed by atoms with Gasteiger partial charge < -0.3 is 20.3 Å². The zero-order valence-electron chi connectivity index (χ0n) is 29.9. The van der Waals surface area contributed by atoms with E-state index in [0.717, 1.165) is 35.5 Å². The van der Waals surface area contributed by atoms with Crippen molar-refractivity contribution in [1.29, 1.82) is 0 Å². The number of nitrogens with zero attached hydrogens (tertiary/aromatic N) is 1. The van der Waals surface area contributed by atoms with E-state index in [1.807, 2.05) is 72.7 Å². The van der Waals surface area contributed by atoms with E-state index in [2.05, 4.69) is 46.2 Å². The normalized spacial score (nSPS) is 14.1. The molecule has 0 aromatic heterocycles. The SMILES string of the molecule is COc1cc(NS(=O)(=O)c2c(C(C)C)cc(C(C)C)cc2C(C)C)c(NC(=O)C(C)(C)C)cc1Nc1ccc(N2CCCCC2)cc1. The Balaban J connectivity index is 1.79. The molecule has 1 amide bonds. The maximum atomic E-state index is 14.4. The summed E-state index contributed by atoms with van der Waals surface area (Å²) in [4.78, 5) is 16.0. The number of carbonyl (C=O) groups is 1. The molecule has 3 N–H and O–H groups in total. The summed E-state index contributed by atoms with van der Waals surface area (Å²) >= 11 is 0. The Labute approximate surface area is 282 Å². The van der Waals surface area contributed by atoms with Crippen LogP contribution in [0.5, 0.6) is 5.75 Å². The molecule has 1 aliphatic heterocycles. The maximum absolute atomic E-state index is 14.4. The zero-order chi connectivity index (χ0) is 34.7. The van der Waals surface area contributed by atoms with Gasteiger partial charge in [0, 0.05) is 35.9 Å². The van der Waals surface area contributed by atoms with Crippen molar-refractivity contribution in [3.05, 3.63) is 65.2 Å². The van der Waals surface area contributed by atoms with Gasteiger partial charge in [0.15, 0.2) is 0 Å². The van der Waals surface area contributed by atoms with Crippen molar-refractivity contribution in [3.8, 4) is 5.75 Å². The van der Waals surface area contributed by atoms with Crippen LogP contribution in [-0.4, -0.2) is 34.5 Å². The Bertz CT molecular complexity index is 1640. The lowest BCUT2D eigenvalue weighted by atomic mass is 9.89. The largest absolute Gasteiger partial charge is 0.494 e. The molecule has 4 rings (SSSR count). The summed E-state index contributed by atoms with van der Waals surface area (Å²) in [6, 6.07) is 15.6. The molecule has 1 heterocycles. The summed E-state index contributed by atoms with van der Waals surface area (Å²) in [7, 11) is -2.55. The highest BCUT2D eigenvalue weighted by atomic mass is 32.2. The van der Waals surface area contributed by atoms with Crippen LogP contribution < -0.4 is 25.0 Å². The smallest absolute Gasteiger partial charge is 0.262 e. The fourth-order valence-electron chi connectivity index (χ4n) is 5.80. The van der Waals surface area contributed by atoms with Gasteiger partial charge in [0.2, 0.25) is 5.91 Å². The number of carbonyl (C=O) groups excluding carboxylic acids is 1. The van der Waals surface area contributed by atoms with Crippen LogP contribution >= 0.6 is 0 Å². The van der Waals surface area contributed by atoms with Crippen molar-refractivity contribution < 1.29 is 17.9 Å². The fraction of sp³-hybridized carbons (Fsp3) is 0.500. The van der Waals surface area contributed by atoms with Crippen LogP contribution in [0.15, 0.2) is 53.4 Å². The minimum atomic E-state index is -4.10. The summed E-state index contributed by atoms with van der Waals surface area (Å²) in [6.07, 6.45) is 3.69. The second-order valence-corrected chi connectivity index (χ2v) is 16.2. The summed E-state index contributed by atoms with van der Waals surface area (Å²) in [5, 5.41) is 6.41. The zero-order valence-corrected chi connectivity index (χ0v) is 30.7. The average molecular weight is 663 g/mol. The van der Waals surface area contributed by atoms with E-state index in [1.165, 1.54) is 24.9 Å². The second-order valence-electron chi connectivity index (χ2n) is 14.6. The van der Waals surface area contributed by atoms with E-state index in [-0.39, 0.29) is 34.2 Å². The first-order valence-corrected chi connectivity index (χ1v) is 18.4. The predicted molar refractivity (Wildman–Crippen MR) is 196 cm³/mol. The number of piperidine rings is 1. The molecule has 0 spiro atoms. The molecular formula is C38H54N4O4S. The first-order valence-electron chi connectivity index (χ1n) is 16.9. The van der Waals surface area contributed by atoms with Crippen molar-refractivity contribution in [2.75, 3.05) is 40.5 Å². The number of hydrogen-bond acceptors (Lipinski definition) is 6. The number of amides is 1. The molecule has 1 saturated heterocycles. The number of anilines is 5. The molecular weight excluding hydrogens is 609 g/mol. The van der Waals surface area contributed by atoms with Crippen LogP contribution in [0.2, 0.25) is 0 Å². The molecule has 1 aliphatic rings. The average Bonchev–Trinajstić information content (AvgIpc) is 3.01. The summed E-state index contributed by atoms with van der Waals surface area (Å²) in [6.45, 7) is 19.9. The van der Waals surface area contributed by atoms with E-state index in [0.29, 0.717) is 17.1 Å². The minimum Gasteiger partial charge on any atom is -0.494 e. The van der Waals surface area contributed by atoms with Crippen LogP contribution in [0, 0.1) is 5.41 Å². The monoisotopic (exact) mass is 662 g/mol. The Hall–Kier alpha value is -3.72. The molecule has 9 heteroatoms. The third-order valence-electron chi connectivity index (χ3n) is 8.73. The lowest BCUT2D eigenvalue weighted by Crippen LogP contribution is -2.29. The standard InChI is InChI=1S/C38H54N4O4S/c1-24(2)27-20-30(25(3)4)36(31(21-27)26(5)6)47(44,45)41-33-23-35(46-10)34(22-32(33)40-37(43)38(7,8)9)39-28-14-16-29(17-15-28)42-18-12-11-13-19-42/h14-17,20-26,39,41H,11-13,18-19H2,1-10H3,(H,40,43). The lowest BCUT2D eigenvalue weighted by molar-refractivity contribution is -0.123. The van der Waals surface area contributed by atoms with Crippen molar-refractivity contribution >= 4 is 44.4 Å². The van der Waals surface area contributed by atoms with Gasteiger partial charge in [-0.05, 0) is 84.0 Å². The molecule has 8 nitrogen and oxygen atoms in total. The van der Waals surface area contributed by atoms with Crippen molar-refractivity contribution in [3.63, 3.8) is 0 Å². The summed E-state index contributed by atoms with van der Waals surface area (Å²) in [5.41, 5.74) is 5.12. The van der Waals surface area contributed by atoms with Crippen LogP contribution in [0.1, 0.15) is 116 Å². The van der Waals surface area contributed by atoms with Gasteiger partial charge in [-0.2, -0.15) is 0 Å². The van der Waals surface area contributed by atoms with Crippen LogP contribution in [0.25, 0.3) is 0 Å². The molecule has 0 bridgehead atoms. The highest BCUT2D eigenvalue weighted by Crippen LogP contribution is 2.41. The first kappa shape index (κ1) is 36.1. The first-order chi connectivity index (χ1) is 22.0. The third kappa shape index (κ3) is 8.61. The van der Waals surface area contributed by atoms with E-state index >= 15 is 0 Å².